The van der Waals surface area contributed by atoms with Crippen molar-refractivity contribution in [2.24, 2.45) is 5.73 Å². The summed E-state index contributed by atoms with van der Waals surface area (Å²) in [5.41, 5.74) is 5.20. The smallest absolute Gasteiger partial charge is 0.306 e. The minimum Gasteiger partial charge on any atom is -0.460 e. The average molecular weight is 285 g/mol. The molecule has 0 atom stereocenters. The molecule has 0 saturated carbocycles. The molecule has 0 bridgehead atoms. The molecule has 0 aromatic carbocycles. The SMILES string of the molecule is CC(C)(C)OC(=O)CCCCN1CCN(CCN)CC1. The molecule has 0 aliphatic carbocycles. The van der Waals surface area contributed by atoms with Crippen LogP contribution in [0.3, 0.4) is 0 Å². The molecule has 0 aromatic rings. The first-order chi connectivity index (χ1) is 9.40. The Labute approximate surface area is 123 Å². The third-order valence-corrected chi connectivity index (χ3v) is 3.44. The fourth-order valence-corrected chi connectivity index (χ4v) is 2.42. The van der Waals surface area contributed by atoms with Crippen molar-refractivity contribution < 1.29 is 9.53 Å². The van der Waals surface area contributed by atoms with Gasteiger partial charge in [-0.3, -0.25) is 9.69 Å². The number of rotatable bonds is 7. The first-order valence-electron chi connectivity index (χ1n) is 7.77. The maximum absolute atomic E-state index is 11.6. The van der Waals surface area contributed by atoms with Crippen molar-refractivity contribution >= 4 is 5.97 Å². The Morgan fingerprint density at radius 3 is 2.10 bits per heavy atom. The van der Waals surface area contributed by atoms with Crippen molar-refractivity contribution in [3.63, 3.8) is 0 Å². The standard InChI is InChI=1S/C15H31N3O2/c1-15(2,3)20-14(19)6-4-5-8-17-10-12-18(9-7-16)13-11-17/h4-13,16H2,1-3H3. The summed E-state index contributed by atoms with van der Waals surface area (Å²) in [7, 11) is 0. The van der Waals surface area contributed by atoms with Gasteiger partial charge in [0.1, 0.15) is 5.60 Å². The molecule has 1 aliphatic rings. The Bertz CT molecular complexity index is 281. The van der Waals surface area contributed by atoms with Gasteiger partial charge in [0.25, 0.3) is 0 Å². The quantitative estimate of drug-likeness (QED) is 0.560. The fourth-order valence-electron chi connectivity index (χ4n) is 2.42. The highest BCUT2D eigenvalue weighted by molar-refractivity contribution is 5.69. The zero-order valence-corrected chi connectivity index (χ0v) is 13.4. The second-order valence-electron chi connectivity index (χ2n) is 6.52. The fraction of sp³-hybridized carbons (Fsp3) is 0.933. The molecule has 1 saturated heterocycles. The summed E-state index contributed by atoms with van der Waals surface area (Å²) >= 11 is 0. The monoisotopic (exact) mass is 285 g/mol. The molecule has 0 unspecified atom stereocenters. The lowest BCUT2D eigenvalue weighted by atomic mass is 10.2. The van der Waals surface area contributed by atoms with E-state index in [2.05, 4.69) is 9.80 Å². The summed E-state index contributed by atoms with van der Waals surface area (Å²) in [5, 5.41) is 0. The molecule has 5 nitrogen and oxygen atoms in total. The molecule has 5 heteroatoms. The van der Waals surface area contributed by atoms with Gasteiger partial charge >= 0.3 is 5.97 Å². The van der Waals surface area contributed by atoms with Crippen LogP contribution >= 0.6 is 0 Å². The van der Waals surface area contributed by atoms with Gasteiger partial charge in [-0.15, -0.1) is 0 Å². The van der Waals surface area contributed by atoms with Gasteiger partial charge in [0.15, 0.2) is 0 Å². The van der Waals surface area contributed by atoms with E-state index < -0.39 is 0 Å². The molecule has 1 fully saturated rings. The number of nitrogens with two attached hydrogens (primary N) is 1. The van der Waals surface area contributed by atoms with Crippen molar-refractivity contribution in [3.8, 4) is 0 Å². The molecule has 118 valence electrons. The van der Waals surface area contributed by atoms with Crippen LogP contribution in [0.15, 0.2) is 0 Å². The second kappa shape index (κ2) is 8.60. The van der Waals surface area contributed by atoms with E-state index in [9.17, 15) is 4.79 Å². The number of esters is 1. The van der Waals surface area contributed by atoms with Crippen LogP contribution in [0.5, 0.6) is 0 Å². The molecule has 0 amide bonds. The van der Waals surface area contributed by atoms with E-state index >= 15 is 0 Å². The van der Waals surface area contributed by atoms with E-state index in [0.717, 1.165) is 58.7 Å². The first-order valence-corrected chi connectivity index (χ1v) is 7.77. The van der Waals surface area contributed by atoms with Crippen molar-refractivity contribution in [2.45, 2.75) is 45.6 Å². The number of carbonyl (C=O) groups is 1. The second-order valence-corrected chi connectivity index (χ2v) is 6.52. The third kappa shape index (κ3) is 7.82. The number of carbonyl (C=O) groups excluding carboxylic acids is 1. The minimum atomic E-state index is -0.365. The van der Waals surface area contributed by atoms with Crippen LogP contribution in [0, 0.1) is 0 Å². The summed E-state index contributed by atoms with van der Waals surface area (Å²) in [6, 6.07) is 0. The first kappa shape index (κ1) is 17.4. The van der Waals surface area contributed by atoms with Gasteiger partial charge in [-0.05, 0) is 40.2 Å². The number of hydrogen-bond donors (Lipinski definition) is 1. The summed E-state index contributed by atoms with van der Waals surface area (Å²) in [4.78, 5) is 16.5. The summed E-state index contributed by atoms with van der Waals surface area (Å²) < 4.78 is 5.30. The van der Waals surface area contributed by atoms with E-state index in [-0.39, 0.29) is 11.6 Å². The Morgan fingerprint density at radius 2 is 1.60 bits per heavy atom. The van der Waals surface area contributed by atoms with Crippen molar-refractivity contribution in [1.29, 1.82) is 0 Å². The van der Waals surface area contributed by atoms with Crippen LogP contribution in [0.2, 0.25) is 0 Å². The third-order valence-electron chi connectivity index (χ3n) is 3.44. The molecular formula is C15H31N3O2. The Hall–Kier alpha value is -0.650. The van der Waals surface area contributed by atoms with Gasteiger partial charge in [-0.25, -0.2) is 0 Å². The topological polar surface area (TPSA) is 58.8 Å². The largest absolute Gasteiger partial charge is 0.460 e. The van der Waals surface area contributed by atoms with Gasteiger partial charge < -0.3 is 15.4 Å². The zero-order valence-electron chi connectivity index (χ0n) is 13.4. The highest BCUT2D eigenvalue weighted by atomic mass is 16.6. The Morgan fingerprint density at radius 1 is 1.05 bits per heavy atom. The lowest BCUT2D eigenvalue weighted by Crippen LogP contribution is -2.47. The summed E-state index contributed by atoms with van der Waals surface area (Å²) in [6.07, 6.45) is 2.51. The highest BCUT2D eigenvalue weighted by Crippen LogP contribution is 2.10. The Kier molecular flexibility index (Phi) is 7.48. The molecule has 2 N–H and O–H groups in total. The van der Waals surface area contributed by atoms with Gasteiger partial charge in [0.2, 0.25) is 0 Å². The van der Waals surface area contributed by atoms with Gasteiger partial charge in [0, 0.05) is 45.7 Å². The lowest BCUT2D eigenvalue weighted by Gasteiger charge is -2.34. The number of piperazine rings is 1. The van der Waals surface area contributed by atoms with E-state index in [4.69, 9.17) is 10.5 Å². The number of nitrogens with zero attached hydrogens (tertiary/aromatic N) is 2. The maximum Gasteiger partial charge on any atom is 0.306 e. The van der Waals surface area contributed by atoms with Gasteiger partial charge in [-0.2, -0.15) is 0 Å². The van der Waals surface area contributed by atoms with Crippen LogP contribution in [0.1, 0.15) is 40.0 Å². The van der Waals surface area contributed by atoms with Crippen LogP contribution in [0.25, 0.3) is 0 Å². The molecule has 1 aliphatic heterocycles. The van der Waals surface area contributed by atoms with Gasteiger partial charge in [0.05, 0.1) is 0 Å². The zero-order chi connectivity index (χ0) is 15.0. The van der Waals surface area contributed by atoms with Crippen LogP contribution in [0.4, 0.5) is 0 Å². The van der Waals surface area contributed by atoms with Crippen LogP contribution in [-0.4, -0.2) is 67.2 Å². The molecule has 0 radical (unpaired) electrons. The molecule has 1 heterocycles. The van der Waals surface area contributed by atoms with Crippen molar-refractivity contribution in [2.75, 3.05) is 45.8 Å². The van der Waals surface area contributed by atoms with Crippen LogP contribution < -0.4 is 5.73 Å². The number of ether oxygens (including phenoxy) is 1. The summed E-state index contributed by atoms with van der Waals surface area (Å²) in [5.74, 6) is -0.0785. The molecule has 1 rings (SSSR count). The van der Waals surface area contributed by atoms with Gasteiger partial charge in [-0.1, -0.05) is 0 Å². The van der Waals surface area contributed by atoms with Crippen LogP contribution in [-0.2, 0) is 9.53 Å². The molecule has 20 heavy (non-hydrogen) atoms. The molecular weight excluding hydrogens is 254 g/mol. The summed E-state index contributed by atoms with van der Waals surface area (Å²) in [6.45, 7) is 13.0. The highest BCUT2D eigenvalue weighted by Gasteiger charge is 2.17. The average Bonchev–Trinajstić information content (AvgIpc) is 2.35. The van der Waals surface area contributed by atoms with Crippen molar-refractivity contribution in [1.82, 2.24) is 9.80 Å². The Balaban J connectivity index is 2.04. The molecule has 0 aromatic heterocycles. The van der Waals surface area contributed by atoms with E-state index in [1.165, 1.54) is 0 Å². The molecule has 0 spiro atoms. The number of unbranched alkanes of at least 4 members (excludes halogenated alkanes) is 1. The predicted molar refractivity (Wildman–Crippen MR) is 81.6 cm³/mol. The van der Waals surface area contributed by atoms with E-state index in [0.29, 0.717) is 6.42 Å². The normalized spacial score (nSPS) is 18.2. The predicted octanol–water partition coefficient (Wildman–Crippen LogP) is 1.07. The number of hydrogen-bond acceptors (Lipinski definition) is 5. The minimum absolute atomic E-state index is 0.0785. The maximum atomic E-state index is 11.6. The van der Waals surface area contributed by atoms with E-state index in [1.54, 1.807) is 0 Å². The lowest BCUT2D eigenvalue weighted by molar-refractivity contribution is -0.154. The van der Waals surface area contributed by atoms with Crippen molar-refractivity contribution in [3.05, 3.63) is 0 Å². The van der Waals surface area contributed by atoms with E-state index in [1.807, 2.05) is 20.8 Å².